The van der Waals surface area contributed by atoms with Crippen LogP contribution < -0.4 is 0 Å². The van der Waals surface area contributed by atoms with Crippen LogP contribution in [0.5, 0.6) is 0 Å². The molecular weight excluding hydrogens is 707 g/mol. The van der Waals surface area contributed by atoms with E-state index < -0.39 is 0 Å². The summed E-state index contributed by atoms with van der Waals surface area (Å²) < 4.78 is 13.9. The van der Waals surface area contributed by atoms with Gasteiger partial charge >= 0.3 is 0 Å². The Labute approximate surface area is 332 Å². The topological polar surface area (TPSA) is 27.9 Å². The monoisotopic (exact) mass is 739 g/mol. The Balaban J connectivity index is 1.11. The molecule has 9 aromatic carbocycles. The lowest BCUT2D eigenvalue weighted by Gasteiger charge is -2.09. The second kappa shape index (κ2) is 11.8. The van der Waals surface area contributed by atoms with Gasteiger partial charge in [-0.3, -0.25) is 0 Å². The van der Waals surface area contributed by atoms with Crippen LogP contribution in [-0.2, 0) is 0 Å². The largest absolute Gasteiger partial charge is 0.454 e. The fourth-order valence-corrected chi connectivity index (χ4v) is 9.77. The molecule has 0 spiro atoms. The van der Waals surface area contributed by atoms with E-state index in [1.807, 2.05) is 6.07 Å². The highest BCUT2D eigenvalue weighted by molar-refractivity contribution is 6.29. The van der Waals surface area contributed by atoms with Crippen LogP contribution in [0.15, 0.2) is 205 Å². The third-order valence-corrected chi connectivity index (χ3v) is 12.2. The Morgan fingerprint density at radius 2 is 0.759 bits per heavy atom. The molecule has 0 aliphatic heterocycles. The van der Waals surface area contributed by atoms with Crippen molar-refractivity contribution in [2.75, 3.05) is 0 Å². The van der Waals surface area contributed by atoms with E-state index in [1.165, 1.54) is 65.5 Å². The molecule has 0 bridgehead atoms. The number of fused-ring (bicyclic) bond motifs is 14. The molecule has 0 amide bonds. The van der Waals surface area contributed by atoms with E-state index in [1.54, 1.807) is 0 Å². The first-order valence-corrected chi connectivity index (χ1v) is 19.9. The minimum atomic E-state index is 0.902. The maximum atomic E-state index is 6.67. The average Bonchev–Trinajstić information content (AvgIpc) is 4.03. The van der Waals surface area contributed by atoms with Crippen LogP contribution in [0.1, 0.15) is 0 Å². The molecule has 0 aliphatic carbocycles. The number of furan rings is 1. The van der Waals surface area contributed by atoms with Gasteiger partial charge in [0.25, 0.3) is 0 Å². The van der Waals surface area contributed by atoms with Gasteiger partial charge in [-0.1, -0.05) is 109 Å². The van der Waals surface area contributed by atoms with Crippen LogP contribution in [0.3, 0.4) is 0 Å². The summed E-state index contributed by atoms with van der Waals surface area (Å²) in [6.45, 7) is 0. The normalized spacial score (nSPS) is 12.1. The lowest BCUT2D eigenvalue weighted by molar-refractivity contribution is 0.671. The quantitative estimate of drug-likeness (QED) is 0.177. The summed E-state index contributed by atoms with van der Waals surface area (Å²) in [5.74, 6) is 0. The summed E-state index contributed by atoms with van der Waals surface area (Å²) in [6.07, 6.45) is 0. The Bertz CT molecular complexity index is 3770. The molecule has 270 valence electrons. The summed E-state index contributed by atoms with van der Waals surface area (Å²) in [6, 6.07) is 72.4. The highest BCUT2D eigenvalue weighted by atomic mass is 16.3. The van der Waals surface area contributed by atoms with Crippen molar-refractivity contribution in [3.63, 3.8) is 0 Å². The predicted molar refractivity (Wildman–Crippen MR) is 242 cm³/mol. The number of hydrogen-bond acceptors (Lipinski definition) is 1. The minimum absolute atomic E-state index is 0.902. The highest BCUT2D eigenvalue weighted by Crippen LogP contribution is 2.45. The van der Waals surface area contributed by atoms with Crippen molar-refractivity contribution in [2.45, 2.75) is 0 Å². The van der Waals surface area contributed by atoms with Crippen LogP contribution in [0.25, 0.3) is 116 Å². The Morgan fingerprint density at radius 3 is 1.41 bits per heavy atom. The van der Waals surface area contributed by atoms with Crippen molar-refractivity contribution < 1.29 is 4.42 Å². The molecule has 0 atom stereocenters. The molecule has 4 heterocycles. The third-order valence-electron chi connectivity index (χ3n) is 12.2. The van der Waals surface area contributed by atoms with E-state index in [2.05, 4.69) is 208 Å². The van der Waals surface area contributed by atoms with Crippen molar-refractivity contribution >= 4 is 87.4 Å². The molecule has 4 heteroatoms. The van der Waals surface area contributed by atoms with E-state index in [0.29, 0.717) is 0 Å². The van der Waals surface area contributed by atoms with Crippen LogP contribution in [-0.4, -0.2) is 13.7 Å². The Hall–Kier alpha value is -7.82. The summed E-state index contributed by atoms with van der Waals surface area (Å²) in [7, 11) is 0. The van der Waals surface area contributed by atoms with Crippen LogP contribution in [0.2, 0.25) is 0 Å². The predicted octanol–water partition coefficient (Wildman–Crippen LogP) is 14.5. The van der Waals surface area contributed by atoms with Gasteiger partial charge in [0.05, 0.1) is 33.1 Å². The van der Waals surface area contributed by atoms with Gasteiger partial charge in [-0.25, -0.2) is 0 Å². The molecular formula is C54H33N3O. The van der Waals surface area contributed by atoms with Crippen LogP contribution in [0.4, 0.5) is 0 Å². The molecule has 0 N–H and O–H groups in total. The Morgan fingerprint density at radius 1 is 0.293 bits per heavy atom. The fourth-order valence-electron chi connectivity index (χ4n) is 9.77. The van der Waals surface area contributed by atoms with E-state index in [0.717, 1.165) is 50.0 Å². The van der Waals surface area contributed by atoms with Gasteiger partial charge in [-0.2, -0.15) is 0 Å². The lowest BCUT2D eigenvalue weighted by atomic mass is 9.99. The van der Waals surface area contributed by atoms with E-state index >= 15 is 0 Å². The van der Waals surface area contributed by atoms with Crippen molar-refractivity contribution in [3.05, 3.63) is 200 Å². The molecule has 13 rings (SSSR count). The minimum Gasteiger partial charge on any atom is -0.454 e. The molecule has 0 aliphatic rings. The average molecular weight is 740 g/mol. The summed E-state index contributed by atoms with van der Waals surface area (Å²) in [4.78, 5) is 0. The SMILES string of the molecule is c1ccc(-n2c3ccccc3c3c4c5cc(-c6ccc7c(c6)c6ccc8c9ccccc9oc8c6n7-c6ccccc6)ccc5n(-c5ccccc5)c4ccc32)cc1. The summed E-state index contributed by atoms with van der Waals surface area (Å²) in [5.41, 5.74) is 14.6. The molecule has 0 fully saturated rings. The van der Waals surface area contributed by atoms with Crippen molar-refractivity contribution in [3.8, 4) is 28.2 Å². The van der Waals surface area contributed by atoms with Crippen molar-refractivity contribution in [1.82, 2.24) is 13.7 Å². The molecule has 0 saturated heterocycles. The van der Waals surface area contributed by atoms with Gasteiger partial charge < -0.3 is 18.1 Å². The van der Waals surface area contributed by atoms with Gasteiger partial charge in [-0.05, 0) is 102 Å². The number of hydrogen-bond donors (Lipinski definition) is 0. The van der Waals surface area contributed by atoms with Gasteiger partial charge in [0, 0.05) is 60.2 Å². The summed E-state index contributed by atoms with van der Waals surface area (Å²) >= 11 is 0. The number of rotatable bonds is 4. The standard InChI is InChI=1S/C54H33N3O/c1-4-14-36(15-5-1)55-45-22-12-10-21-42(45)51-48(55)30-31-49-52(51)44-33-35(25-29-47(44)56(49)37-16-6-2-7-17-37)34-24-28-46-43(32-34)40-26-27-41-39-20-11-13-23-50(39)58-54(41)53(40)57(46)38-18-8-3-9-19-38/h1-33H. The highest BCUT2D eigenvalue weighted by Gasteiger charge is 2.23. The smallest absolute Gasteiger partial charge is 0.160 e. The zero-order valence-electron chi connectivity index (χ0n) is 31.3. The fraction of sp³-hybridized carbons (Fsp3) is 0. The molecule has 0 radical (unpaired) electrons. The number of nitrogens with zero attached hydrogens (tertiary/aromatic N) is 3. The zero-order chi connectivity index (χ0) is 37.9. The zero-order valence-corrected chi connectivity index (χ0v) is 31.3. The number of benzene rings is 9. The maximum absolute atomic E-state index is 6.67. The van der Waals surface area contributed by atoms with E-state index in [9.17, 15) is 0 Å². The third kappa shape index (κ3) is 4.29. The van der Waals surface area contributed by atoms with E-state index in [4.69, 9.17) is 4.42 Å². The Kier molecular flexibility index (Phi) is 6.41. The second-order valence-corrected chi connectivity index (χ2v) is 15.3. The van der Waals surface area contributed by atoms with Gasteiger partial charge in [-0.15, -0.1) is 0 Å². The van der Waals surface area contributed by atoms with Crippen molar-refractivity contribution in [2.24, 2.45) is 0 Å². The maximum Gasteiger partial charge on any atom is 0.160 e. The molecule has 4 nitrogen and oxygen atoms in total. The van der Waals surface area contributed by atoms with Gasteiger partial charge in [0.2, 0.25) is 0 Å². The number of aromatic nitrogens is 3. The molecule has 58 heavy (non-hydrogen) atoms. The van der Waals surface area contributed by atoms with E-state index in [-0.39, 0.29) is 0 Å². The first kappa shape index (κ1) is 31.4. The second-order valence-electron chi connectivity index (χ2n) is 15.3. The molecule has 0 saturated carbocycles. The molecule has 13 aromatic rings. The molecule has 0 unspecified atom stereocenters. The summed E-state index contributed by atoms with van der Waals surface area (Å²) in [5, 5.41) is 9.63. The molecule has 4 aromatic heterocycles. The lowest BCUT2D eigenvalue weighted by Crippen LogP contribution is -1.94. The van der Waals surface area contributed by atoms with Crippen LogP contribution >= 0.6 is 0 Å². The number of para-hydroxylation sites is 5. The van der Waals surface area contributed by atoms with Crippen LogP contribution in [0, 0.1) is 0 Å². The first-order chi connectivity index (χ1) is 28.8. The van der Waals surface area contributed by atoms with Gasteiger partial charge in [0.15, 0.2) is 5.58 Å². The van der Waals surface area contributed by atoms with Crippen molar-refractivity contribution in [1.29, 1.82) is 0 Å². The first-order valence-electron chi connectivity index (χ1n) is 19.9. The van der Waals surface area contributed by atoms with Gasteiger partial charge in [0.1, 0.15) is 5.58 Å².